The molecular weight excluding hydrogens is 357 g/mol. The molecule has 3 rings (SSSR count). The molecule has 2 fully saturated rings. The van der Waals surface area contributed by atoms with Gasteiger partial charge in [0.15, 0.2) is 0 Å². The Morgan fingerprint density at radius 3 is 2.48 bits per heavy atom. The molecule has 0 saturated carbocycles. The Kier molecular flexibility index (Phi) is 5.06. The Bertz CT molecular complexity index is 766. The lowest BCUT2D eigenvalue weighted by molar-refractivity contribution is -0.135. The Hall–Kier alpha value is -1.61. The van der Waals surface area contributed by atoms with Gasteiger partial charge < -0.3 is 4.90 Å². The molecule has 0 aromatic heterocycles. The first-order chi connectivity index (χ1) is 11.8. The van der Waals surface area contributed by atoms with Crippen LogP contribution in [0.1, 0.15) is 25.7 Å². The number of rotatable bonds is 3. The number of alkyl halides is 1. The van der Waals surface area contributed by atoms with Crippen LogP contribution in [-0.2, 0) is 14.8 Å². The molecule has 2 aliphatic heterocycles. The number of sulfonamides is 1. The summed E-state index contributed by atoms with van der Waals surface area (Å²) in [5.41, 5.74) is 0. The number of piperidine rings is 1. The lowest BCUT2D eigenvalue weighted by atomic mass is 10.1. The summed E-state index contributed by atoms with van der Waals surface area (Å²) in [6, 6.07) is 0.832. The van der Waals surface area contributed by atoms with Gasteiger partial charge in [-0.3, -0.25) is 4.79 Å². The van der Waals surface area contributed by atoms with Gasteiger partial charge in [0.05, 0.1) is 0 Å². The number of halogens is 3. The minimum absolute atomic E-state index is 0.272. The lowest BCUT2D eigenvalue weighted by Gasteiger charge is -2.32. The molecule has 0 bridgehead atoms. The third-order valence-corrected chi connectivity index (χ3v) is 6.53. The molecule has 0 spiro atoms. The van der Waals surface area contributed by atoms with E-state index >= 15 is 0 Å². The third kappa shape index (κ3) is 3.52. The fourth-order valence-electron chi connectivity index (χ4n) is 3.37. The minimum Gasteiger partial charge on any atom is -0.341 e. The molecule has 0 N–H and O–H groups in total. The molecule has 2 heterocycles. The summed E-state index contributed by atoms with van der Waals surface area (Å²) >= 11 is 0. The van der Waals surface area contributed by atoms with Crippen LogP contribution in [0.4, 0.5) is 13.2 Å². The van der Waals surface area contributed by atoms with E-state index in [0.717, 1.165) is 25.3 Å². The lowest BCUT2D eigenvalue weighted by Crippen LogP contribution is -2.49. The summed E-state index contributed by atoms with van der Waals surface area (Å²) in [5, 5.41) is 0. The van der Waals surface area contributed by atoms with E-state index in [9.17, 15) is 26.4 Å². The van der Waals surface area contributed by atoms with Gasteiger partial charge in [0.2, 0.25) is 15.9 Å². The third-order valence-electron chi connectivity index (χ3n) is 4.64. The highest BCUT2D eigenvalue weighted by molar-refractivity contribution is 7.89. The van der Waals surface area contributed by atoms with E-state index in [4.69, 9.17) is 0 Å². The Labute approximate surface area is 144 Å². The topological polar surface area (TPSA) is 57.7 Å². The summed E-state index contributed by atoms with van der Waals surface area (Å²) < 4.78 is 67.4. The van der Waals surface area contributed by atoms with Gasteiger partial charge in [0, 0.05) is 26.1 Å². The Morgan fingerprint density at radius 2 is 1.80 bits per heavy atom. The van der Waals surface area contributed by atoms with Crippen molar-refractivity contribution in [2.45, 2.75) is 42.8 Å². The van der Waals surface area contributed by atoms with Gasteiger partial charge in [0.1, 0.15) is 28.7 Å². The van der Waals surface area contributed by atoms with Gasteiger partial charge in [0.25, 0.3) is 0 Å². The molecule has 1 amide bonds. The molecule has 0 radical (unpaired) electrons. The van der Waals surface area contributed by atoms with Crippen molar-refractivity contribution in [3.05, 3.63) is 29.8 Å². The summed E-state index contributed by atoms with van der Waals surface area (Å²) in [6.07, 6.45) is 0.804. The van der Waals surface area contributed by atoms with Crippen molar-refractivity contribution >= 4 is 15.9 Å². The molecule has 1 aromatic carbocycles. The molecule has 2 atom stereocenters. The van der Waals surface area contributed by atoms with Crippen molar-refractivity contribution in [3.63, 3.8) is 0 Å². The first kappa shape index (κ1) is 18.2. The number of hydrogen-bond donors (Lipinski definition) is 0. The quantitative estimate of drug-likeness (QED) is 0.812. The maximum atomic E-state index is 13.9. The van der Waals surface area contributed by atoms with E-state index in [1.807, 2.05) is 0 Å². The van der Waals surface area contributed by atoms with E-state index < -0.39 is 51.2 Å². The normalized spacial score (nSPS) is 25.3. The first-order valence-corrected chi connectivity index (χ1v) is 9.64. The average Bonchev–Trinajstić information content (AvgIpc) is 2.99. The van der Waals surface area contributed by atoms with Crippen LogP contribution < -0.4 is 0 Å². The second kappa shape index (κ2) is 6.95. The zero-order valence-electron chi connectivity index (χ0n) is 13.5. The van der Waals surface area contributed by atoms with Crippen LogP contribution in [0, 0.1) is 11.6 Å². The van der Waals surface area contributed by atoms with Crippen LogP contribution in [0.15, 0.2) is 23.1 Å². The zero-order chi connectivity index (χ0) is 18.2. The molecular formula is C16H19F3N2O3S. The van der Waals surface area contributed by atoms with E-state index in [1.54, 1.807) is 0 Å². The summed E-state index contributed by atoms with van der Waals surface area (Å²) in [4.78, 5) is 13.3. The SMILES string of the molecule is O=C([C@@H]1C[C@H](F)CN1S(=O)(=O)c1cc(F)ccc1F)N1CCCCC1. The summed E-state index contributed by atoms with van der Waals surface area (Å²) in [5.74, 6) is -2.53. The number of likely N-dealkylation sites (tertiary alicyclic amines) is 1. The van der Waals surface area contributed by atoms with Gasteiger partial charge in [-0.1, -0.05) is 0 Å². The molecule has 5 nitrogen and oxygen atoms in total. The first-order valence-electron chi connectivity index (χ1n) is 8.20. The monoisotopic (exact) mass is 376 g/mol. The number of hydrogen-bond acceptors (Lipinski definition) is 3. The van der Waals surface area contributed by atoms with Crippen molar-refractivity contribution in [2.24, 2.45) is 0 Å². The van der Waals surface area contributed by atoms with E-state index in [0.29, 0.717) is 29.5 Å². The van der Waals surface area contributed by atoms with Crippen molar-refractivity contribution in [1.29, 1.82) is 0 Å². The van der Waals surface area contributed by atoms with Crippen molar-refractivity contribution < 1.29 is 26.4 Å². The predicted octanol–water partition coefficient (Wildman–Crippen LogP) is 2.08. The van der Waals surface area contributed by atoms with Crippen LogP contribution in [0.2, 0.25) is 0 Å². The van der Waals surface area contributed by atoms with Crippen molar-refractivity contribution in [3.8, 4) is 0 Å². The second-order valence-corrected chi connectivity index (χ2v) is 8.24. The standard InChI is InChI=1S/C16H19F3N2O3S/c17-11-4-5-13(19)15(9-11)25(23,24)21-10-12(18)8-14(21)16(22)20-6-2-1-3-7-20/h4-5,9,12,14H,1-3,6-8,10H2/t12-,14-/m0/s1. The molecule has 2 aliphatic rings. The van der Waals surface area contributed by atoms with Crippen LogP contribution >= 0.6 is 0 Å². The molecule has 25 heavy (non-hydrogen) atoms. The molecule has 138 valence electrons. The van der Waals surface area contributed by atoms with Crippen molar-refractivity contribution in [2.75, 3.05) is 19.6 Å². The van der Waals surface area contributed by atoms with Gasteiger partial charge >= 0.3 is 0 Å². The molecule has 2 saturated heterocycles. The second-order valence-electron chi connectivity index (χ2n) is 6.38. The predicted molar refractivity (Wildman–Crippen MR) is 84.0 cm³/mol. The number of nitrogens with zero attached hydrogens (tertiary/aromatic N) is 2. The van der Waals surface area contributed by atoms with Crippen molar-refractivity contribution in [1.82, 2.24) is 9.21 Å². The van der Waals surface area contributed by atoms with Crippen LogP contribution in [-0.4, -0.2) is 55.4 Å². The Morgan fingerprint density at radius 1 is 1.12 bits per heavy atom. The van der Waals surface area contributed by atoms with E-state index in [-0.39, 0.29) is 6.42 Å². The maximum absolute atomic E-state index is 13.9. The largest absolute Gasteiger partial charge is 0.341 e. The zero-order valence-corrected chi connectivity index (χ0v) is 14.3. The highest BCUT2D eigenvalue weighted by Gasteiger charge is 2.46. The van der Waals surface area contributed by atoms with Crippen LogP contribution in [0.5, 0.6) is 0 Å². The smallest absolute Gasteiger partial charge is 0.246 e. The highest BCUT2D eigenvalue weighted by Crippen LogP contribution is 2.31. The van der Waals surface area contributed by atoms with Gasteiger partial charge in [-0.15, -0.1) is 0 Å². The van der Waals surface area contributed by atoms with E-state index in [1.165, 1.54) is 4.90 Å². The van der Waals surface area contributed by atoms with Gasteiger partial charge in [-0.2, -0.15) is 4.31 Å². The van der Waals surface area contributed by atoms with Gasteiger partial charge in [-0.25, -0.2) is 21.6 Å². The fraction of sp³-hybridized carbons (Fsp3) is 0.562. The maximum Gasteiger partial charge on any atom is 0.246 e. The van der Waals surface area contributed by atoms with E-state index in [2.05, 4.69) is 0 Å². The Balaban J connectivity index is 1.92. The van der Waals surface area contributed by atoms with Crippen LogP contribution in [0.25, 0.3) is 0 Å². The highest BCUT2D eigenvalue weighted by atomic mass is 32.2. The number of carbonyl (C=O) groups is 1. The average molecular weight is 376 g/mol. The summed E-state index contributed by atoms with van der Waals surface area (Å²) in [6.45, 7) is 0.450. The fourth-order valence-corrected chi connectivity index (χ4v) is 5.07. The molecule has 0 unspecified atom stereocenters. The van der Waals surface area contributed by atoms with Gasteiger partial charge in [-0.05, 0) is 37.5 Å². The number of amides is 1. The minimum atomic E-state index is -4.53. The summed E-state index contributed by atoms with van der Waals surface area (Å²) in [7, 11) is -4.53. The number of benzene rings is 1. The molecule has 9 heteroatoms. The van der Waals surface area contributed by atoms with Crippen LogP contribution in [0.3, 0.4) is 0 Å². The molecule has 1 aromatic rings. The number of carbonyl (C=O) groups excluding carboxylic acids is 1. The molecule has 0 aliphatic carbocycles.